The molecule has 1 aromatic rings. The normalized spacial score (nSPS) is 31.5. The Bertz CT molecular complexity index is 1190. The van der Waals surface area contributed by atoms with Crippen molar-refractivity contribution in [2.75, 3.05) is 40.1 Å². The second-order valence-corrected chi connectivity index (χ2v) is 13.7. The zero-order chi connectivity index (χ0) is 31.7. The first-order valence-electron chi connectivity index (χ1n) is 15.9. The summed E-state index contributed by atoms with van der Waals surface area (Å²) in [6.45, 7) is 8.22. The van der Waals surface area contributed by atoms with Crippen molar-refractivity contribution in [1.82, 2.24) is 9.80 Å². The number of carbonyl (C=O) groups is 3. The van der Waals surface area contributed by atoms with Crippen molar-refractivity contribution in [3.05, 3.63) is 29.8 Å². The zero-order valence-corrected chi connectivity index (χ0v) is 26.7. The molecule has 0 spiro atoms. The van der Waals surface area contributed by atoms with Gasteiger partial charge in [0.2, 0.25) is 5.91 Å². The molecule has 1 aromatic carbocycles. The summed E-state index contributed by atoms with van der Waals surface area (Å²) in [7, 11) is 1.60. The van der Waals surface area contributed by atoms with Crippen LogP contribution in [0, 0.1) is 17.3 Å². The van der Waals surface area contributed by atoms with Crippen LogP contribution < -0.4 is 4.74 Å². The van der Waals surface area contributed by atoms with Crippen molar-refractivity contribution < 1.29 is 43.2 Å². The maximum atomic E-state index is 14.5. The largest absolute Gasteiger partial charge is 0.497 e. The van der Waals surface area contributed by atoms with Gasteiger partial charge in [0.05, 0.1) is 44.9 Å². The highest BCUT2D eigenvalue weighted by atomic mass is 16.7. The summed E-state index contributed by atoms with van der Waals surface area (Å²) >= 11 is 0. The molecule has 244 valence electrons. The molecular weight excluding hydrogens is 568 g/mol. The highest BCUT2D eigenvalue weighted by Crippen LogP contribution is 2.62. The van der Waals surface area contributed by atoms with Gasteiger partial charge in [-0.25, -0.2) is 4.79 Å². The highest BCUT2D eigenvalue weighted by molar-refractivity contribution is 5.87. The number of nitrogens with zero attached hydrogens (tertiary/aromatic N) is 2. The molecular formula is C33H48N2O9. The molecule has 1 saturated carbocycles. The molecule has 11 heteroatoms. The third-order valence-electron chi connectivity index (χ3n) is 9.76. The Labute approximate surface area is 260 Å². The van der Waals surface area contributed by atoms with Crippen LogP contribution in [0.3, 0.4) is 0 Å². The second-order valence-electron chi connectivity index (χ2n) is 13.7. The van der Waals surface area contributed by atoms with Gasteiger partial charge in [0, 0.05) is 31.0 Å². The molecule has 1 aliphatic carbocycles. The number of amides is 2. The fourth-order valence-corrected chi connectivity index (χ4v) is 8.10. The molecule has 44 heavy (non-hydrogen) atoms. The summed E-state index contributed by atoms with van der Waals surface area (Å²) in [5.74, 6) is -0.534. The van der Waals surface area contributed by atoms with E-state index in [4.69, 9.17) is 23.7 Å². The quantitative estimate of drug-likeness (QED) is 0.390. The van der Waals surface area contributed by atoms with E-state index in [1.807, 2.05) is 24.3 Å². The van der Waals surface area contributed by atoms with E-state index in [-0.39, 0.29) is 44.6 Å². The van der Waals surface area contributed by atoms with E-state index in [9.17, 15) is 19.5 Å². The van der Waals surface area contributed by atoms with Gasteiger partial charge in [-0.1, -0.05) is 12.1 Å². The van der Waals surface area contributed by atoms with Crippen LogP contribution in [0.15, 0.2) is 24.3 Å². The van der Waals surface area contributed by atoms with Crippen LogP contribution in [0.2, 0.25) is 0 Å². The van der Waals surface area contributed by atoms with Gasteiger partial charge in [0.1, 0.15) is 11.4 Å². The van der Waals surface area contributed by atoms with E-state index in [1.54, 1.807) is 44.6 Å². The van der Waals surface area contributed by atoms with Crippen molar-refractivity contribution in [3.63, 3.8) is 0 Å². The lowest BCUT2D eigenvalue weighted by molar-refractivity contribution is -0.217. The second kappa shape index (κ2) is 12.8. The molecule has 5 rings (SSSR count). The number of hydrogen-bond donors (Lipinski definition) is 1. The van der Waals surface area contributed by atoms with Crippen LogP contribution in [0.25, 0.3) is 0 Å². The Kier molecular flexibility index (Phi) is 9.49. The number of ether oxygens (including phenoxy) is 5. The number of hydrogen-bond acceptors (Lipinski definition) is 9. The number of esters is 1. The Balaban J connectivity index is 1.63. The number of methoxy groups -OCH3 is 1. The van der Waals surface area contributed by atoms with Gasteiger partial charge in [-0.15, -0.1) is 0 Å². The molecule has 4 aliphatic rings. The fraction of sp³-hybridized carbons (Fsp3) is 0.727. The van der Waals surface area contributed by atoms with Gasteiger partial charge < -0.3 is 38.6 Å². The van der Waals surface area contributed by atoms with E-state index in [0.717, 1.165) is 24.8 Å². The van der Waals surface area contributed by atoms with Crippen molar-refractivity contribution in [3.8, 4) is 5.75 Å². The first-order valence-corrected chi connectivity index (χ1v) is 15.9. The molecule has 3 saturated heterocycles. The lowest BCUT2D eigenvalue weighted by atomic mass is 9.52. The van der Waals surface area contributed by atoms with Crippen LogP contribution in [-0.4, -0.2) is 96.4 Å². The van der Waals surface area contributed by atoms with Gasteiger partial charge in [0.25, 0.3) is 0 Å². The van der Waals surface area contributed by atoms with E-state index < -0.39 is 46.9 Å². The van der Waals surface area contributed by atoms with Gasteiger partial charge in [-0.2, -0.15) is 0 Å². The lowest BCUT2D eigenvalue weighted by Crippen LogP contribution is -2.76. The molecule has 4 fully saturated rings. The standard InChI is InChI=1S/C33H48N2O9/c1-6-41-26(37)18-33-25-14-15-34(30(39)44-31(2,3)4)29(33)32(20-36,21-43-27-9-7-8-16-42-27)17-24(25)28(38)35(33)19-22-10-12-23(40-5)13-11-22/h10-13,24-25,27,29,36H,6-9,14-21H2,1-5H3/t24-,25-,27?,29+,32+,33+/m1/s1. The number of piperidine rings is 1. The molecule has 11 nitrogen and oxygen atoms in total. The molecule has 3 heterocycles. The summed E-state index contributed by atoms with van der Waals surface area (Å²) in [5, 5.41) is 11.3. The van der Waals surface area contributed by atoms with Crippen LogP contribution in [0.5, 0.6) is 5.75 Å². The summed E-state index contributed by atoms with van der Waals surface area (Å²) < 4.78 is 29.0. The average Bonchev–Trinajstić information content (AvgIpc) is 3.15. The minimum absolute atomic E-state index is 0.0651. The topological polar surface area (TPSA) is 124 Å². The number of rotatable bonds is 10. The van der Waals surface area contributed by atoms with E-state index in [2.05, 4.69) is 0 Å². The van der Waals surface area contributed by atoms with Crippen molar-refractivity contribution in [2.24, 2.45) is 17.3 Å². The van der Waals surface area contributed by atoms with Gasteiger partial charge >= 0.3 is 12.1 Å². The van der Waals surface area contributed by atoms with E-state index in [1.165, 1.54) is 0 Å². The Morgan fingerprint density at radius 1 is 1.14 bits per heavy atom. The summed E-state index contributed by atoms with van der Waals surface area (Å²) in [4.78, 5) is 45.4. The molecule has 1 N–H and O–H groups in total. The summed E-state index contributed by atoms with van der Waals surface area (Å²) in [6.07, 6.45) is 2.38. The first-order chi connectivity index (χ1) is 21.0. The van der Waals surface area contributed by atoms with Gasteiger partial charge in [-0.05, 0) is 83.4 Å². The van der Waals surface area contributed by atoms with Crippen LogP contribution >= 0.6 is 0 Å². The minimum Gasteiger partial charge on any atom is -0.497 e. The van der Waals surface area contributed by atoms with Crippen molar-refractivity contribution in [1.29, 1.82) is 0 Å². The summed E-state index contributed by atoms with van der Waals surface area (Å²) in [6, 6.07) is 6.70. The number of benzene rings is 1. The SMILES string of the molecule is CCOC(=O)C[C@]12[C@@H]3CCN(C(=O)OC(C)(C)C)[C@H]1[C@@](CO)(COC1CCCCO1)C[C@H]3C(=O)N2Cc1ccc(OC)cc1. The molecule has 0 aromatic heterocycles. The van der Waals surface area contributed by atoms with Crippen molar-refractivity contribution in [2.45, 2.75) is 96.2 Å². The maximum absolute atomic E-state index is 14.5. The minimum atomic E-state index is -1.15. The summed E-state index contributed by atoms with van der Waals surface area (Å²) in [5.41, 5.74) is -2.13. The van der Waals surface area contributed by atoms with Crippen LogP contribution in [0.1, 0.15) is 71.8 Å². The fourth-order valence-electron chi connectivity index (χ4n) is 8.10. The Morgan fingerprint density at radius 3 is 2.50 bits per heavy atom. The maximum Gasteiger partial charge on any atom is 0.410 e. The molecule has 6 atom stereocenters. The molecule has 2 amide bonds. The monoisotopic (exact) mass is 616 g/mol. The Morgan fingerprint density at radius 2 is 1.89 bits per heavy atom. The van der Waals surface area contributed by atoms with E-state index in [0.29, 0.717) is 31.7 Å². The van der Waals surface area contributed by atoms with Crippen molar-refractivity contribution >= 4 is 18.0 Å². The zero-order valence-electron chi connectivity index (χ0n) is 26.7. The lowest BCUT2D eigenvalue weighted by Gasteiger charge is -2.62. The van der Waals surface area contributed by atoms with E-state index >= 15 is 0 Å². The first kappa shape index (κ1) is 32.5. The molecule has 0 radical (unpaired) electrons. The van der Waals surface area contributed by atoms with Gasteiger partial charge in [0.15, 0.2) is 6.29 Å². The number of aliphatic hydroxyl groups excluding tert-OH is 1. The molecule has 1 unspecified atom stereocenters. The number of carbonyl (C=O) groups excluding carboxylic acids is 3. The van der Waals surface area contributed by atoms with Gasteiger partial charge in [-0.3, -0.25) is 9.59 Å². The third-order valence-corrected chi connectivity index (χ3v) is 9.76. The predicted octanol–water partition coefficient (Wildman–Crippen LogP) is 3.90. The molecule has 3 aliphatic heterocycles. The molecule has 4 bridgehead atoms. The third kappa shape index (κ3) is 6.02. The Hall–Kier alpha value is -2.89. The van der Waals surface area contributed by atoms with Crippen LogP contribution in [-0.2, 0) is 35.1 Å². The van der Waals surface area contributed by atoms with Crippen LogP contribution in [0.4, 0.5) is 4.79 Å². The number of aliphatic hydroxyl groups is 1. The average molecular weight is 617 g/mol. The smallest absolute Gasteiger partial charge is 0.410 e. The highest BCUT2D eigenvalue weighted by Gasteiger charge is 2.74. The predicted molar refractivity (Wildman–Crippen MR) is 160 cm³/mol. The number of likely N-dealkylation sites (tertiary alicyclic amines) is 2.